The zero-order chi connectivity index (χ0) is 18.7. The second-order valence-corrected chi connectivity index (χ2v) is 9.44. The van der Waals surface area contributed by atoms with Gasteiger partial charge in [-0.2, -0.15) is 0 Å². The molecule has 0 fully saturated rings. The summed E-state index contributed by atoms with van der Waals surface area (Å²) < 4.78 is 32.6. The highest BCUT2D eigenvalue weighted by molar-refractivity contribution is 8.15. The standard InChI is InChI=1S/C17H23N3O4S2/c1-12(2)11-24-8-3-6-18-16(21)13-4-5-14-15(10-13)25-17-19-26(22,23)9-7-20(14)17/h4-5,10,12H,3,6-9,11H2,1-2H3,(H,18,21). The van der Waals surface area contributed by atoms with Crippen molar-refractivity contribution in [3.63, 3.8) is 0 Å². The summed E-state index contributed by atoms with van der Waals surface area (Å²) >= 11 is 1.29. The summed E-state index contributed by atoms with van der Waals surface area (Å²) in [5.74, 6) is 0.377. The Kier molecular flexibility index (Phi) is 5.89. The molecule has 0 saturated carbocycles. The minimum atomic E-state index is -3.37. The molecule has 0 spiro atoms. The minimum absolute atomic E-state index is 0.0115. The summed E-state index contributed by atoms with van der Waals surface area (Å²) in [6, 6.07) is 5.40. The zero-order valence-corrected chi connectivity index (χ0v) is 16.5. The van der Waals surface area contributed by atoms with Crippen molar-refractivity contribution >= 4 is 38.5 Å². The van der Waals surface area contributed by atoms with Crippen LogP contribution in [0.2, 0.25) is 0 Å². The number of sulfonamides is 1. The molecule has 142 valence electrons. The number of benzene rings is 1. The van der Waals surface area contributed by atoms with E-state index in [1.165, 1.54) is 11.8 Å². The van der Waals surface area contributed by atoms with Crippen molar-refractivity contribution in [3.8, 4) is 0 Å². The van der Waals surface area contributed by atoms with E-state index in [2.05, 4.69) is 23.6 Å². The Morgan fingerprint density at radius 2 is 2.23 bits per heavy atom. The Balaban J connectivity index is 1.56. The average Bonchev–Trinajstić information content (AvgIpc) is 2.92. The van der Waals surface area contributed by atoms with E-state index in [9.17, 15) is 13.2 Å². The number of nitrogens with zero attached hydrogens (tertiary/aromatic N) is 2. The van der Waals surface area contributed by atoms with Crippen molar-refractivity contribution in [3.05, 3.63) is 23.8 Å². The number of hydrogen-bond acceptors (Lipinski definition) is 6. The Morgan fingerprint density at radius 1 is 1.42 bits per heavy atom. The Labute approximate surface area is 158 Å². The van der Waals surface area contributed by atoms with Crippen LogP contribution < -0.4 is 10.2 Å². The highest BCUT2D eigenvalue weighted by Crippen LogP contribution is 2.42. The molecule has 1 amide bonds. The monoisotopic (exact) mass is 397 g/mol. The number of fused-ring (bicyclic) bond motifs is 3. The van der Waals surface area contributed by atoms with Crippen molar-refractivity contribution in [2.45, 2.75) is 25.2 Å². The molecule has 1 N–H and O–H groups in total. The van der Waals surface area contributed by atoms with Gasteiger partial charge < -0.3 is 15.0 Å². The van der Waals surface area contributed by atoms with Gasteiger partial charge in [0.1, 0.15) is 0 Å². The summed E-state index contributed by atoms with van der Waals surface area (Å²) in [6.45, 7) is 6.50. The van der Waals surface area contributed by atoms with Gasteiger partial charge in [0.05, 0.1) is 11.4 Å². The van der Waals surface area contributed by atoms with Gasteiger partial charge in [-0.3, -0.25) is 4.79 Å². The SMILES string of the molecule is CC(C)COCCCNC(=O)c1ccc2c(c1)SC1=NS(=O)(=O)CCN12. The van der Waals surface area contributed by atoms with Gasteiger partial charge in [0.2, 0.25) is 0 Å². The lowest BCUT2D eigenvalue weighted by Crippen LogP contribution is -2.35. The Hall–Kier alpha value is -1.58. The van der Waals surface area contributed by atoms with Gasteiger partial charge in [-0.15, -0.1) is 4.40 Å². The smallest absolute Gasteiger partial charge is 0.257 e. The quantitative estimate of drug-likeness (QED) is 0.709. The van der Waals surface area contributed by atoms with Crippen LogP contribution in [0.1, 0.15) is 30.6 Å². The third-order valence-electron chi connectivity index (χ3n) is 3.94. The first kappa shape index (κ1) is 19.2. The topological polar surface area (TPSA) is 88.1 Å². The molecule has 0 saturated heterocycles. The summed E-state index contributed by atoms with van der Waals surface area (Å²) in [6.07, 6.45) is 0.764. The van der Waals surface area contributed by atoms with E-state index >= 15 is 0 Å². The number of anilines is 1. The van der Waals surface area contributed by atoms with Gasteiger partial charge in [0, 0.05) is 36.8 Å². The third-order valence-corrected chi connectivity index (χ3v) is 6.24. The molecule has 0 aromatic heterocycles. The lowest BCUT2D eigenvalue weighted by atomic mass is 10.2. The van der Waals surface area contributed by atoms with Crippen LogP contribution in [0, 0.1) is 5.92 Å². The first-order valence-electron chi connectivity index (χ1n) is 8.64. The molecule has 0 radical (unpaired) electrons. The largest absolute Gasteiger partial charge is 0.381 e. The Morgan fingerprint density at radius 3 is 3.00 bits per heavy atom. The van der Waals surface area contributed by atoms with Crippen LogP contribution in [0.4, 0.5) is 5.69 Å². The number of nitrogens with one attached hydrogen (secondary N) is 1. The summed E-state index contributed by atoms with van der Waals surface area (Å²) in [5, 5.41) is 3.35. The van der Waals surface area contributed by atoms with Crippen LogP contribution in [-0.2, 0) is 14.8 Å². The molecular weight excluding hydrogens is 374 g/mol. The minimum Gasteiger partial charge on any atom is -0.381 e. The predicted molar refractivity (Wildman–Crippen MR) is 103 cm³/mol. The summed E-state index contributed by atoms with van der Waals surface area (Å²) in [7, 11) is -3.37. The fourth-order valence-corrected chi connectivity index (χ4v) is 4.97. The number of carbonyl (C=O) groups excluding carboxylic acids is 1. The summed E-state index contributed by atoms with van der Waals surface area (Å²) in [4.78, 5) is 15.0. The van der Waals surface area contributed by atoms with Crippen LogP contribution in [0.3, 0.4) is 0 Å². The average molecular weight is 398 g/mol. The second kappa shape index (κ2) is 7.98. The highest BCUT2D eigenvalue weighted by Gasteiger charge is 2.33. The molecule has 2 aliphatic rings. The number of carbonyl (C=O) groups is 1. The lowest BCUT2D eigenvalue weighted by molar-refractivity contribution is 0.0925. The van der Waals surface area contributed by atoms with E-state index in [-0.39, 0.29) is 11.7 Å². The molecule has 0 atom stereocenters. The fraction of sp³-hybridized carbons (Fsp3) is 0.529. The van der Waals surface area contributed by atoms with Gasteiger partial charge in [0.25, 0.3) is 15.9 Å². The normalized spacial score (nSPS) is 17.7. The first-order valence-corrected chi connectivity index (χ1v) is 11.1. The molecule has 0 unspecified atom stereocenters. The molecule has 0 aliphatic carbocycles. The zero-order valence-electron chi connectivity index (χ0n) is 14.9. The number of rotatable bonds is 7. The van der Waals surface area contributed by atoms with Crippen LogP contribution in [0.15, 0.2) is 27.5 Å². The Bertz CT molecular complexity index is 821. The van der Waals surface area contributed by atoms with Gasteiger partial charge in [0.15, 0.2) is 5.17 Å². The van der Waals surface area contributed by atoms with E-state index in [0.29, 0.717) is 36.3 Å². The molecular formula is C17H23N3O4S2. The second-order valence-electron chi connectivity index (χ2n) is 6.67. The van der Waals surface area contributed by atoms with Crippen molar-refractivity contribution in [1.82, 2.24) is 5.32 Å². The van der Waals surface area contributed by atoms with Crippen molar-refractivity contribution < 1.29 is 17.9 Å². The predicted octanol–water partition coefficient (Wildman–Crippen LogP) is 2.09. The van der Waals surface area contributed by atoms with Gasteiger partial charge in [-0.05, 0) is 42.3 Å². The van der Waals surface area contributed by atoms with Crippen LogP contribution in [-0.4, -0.2) is 51.5 Å². The number of ether oxygens (including phenoxy) is 1. The van der Waals surface area contributed by atoms with Gasteiger partial charge >= 0.3 is 0 Å². The highest BCUT2D eigenvalue weighted by atomic mass is 32.2. The fourth-order valence-electron chi connectivity index (χ4n) is 2.67. The molecule has 2 aliphatic heterocycles. The van der Waals surface area contributed by atoms with Crippen molar-refractivity contribution in [2.24, 2.45) is 10.3 Å². The molecule has 1 aromatic carbocycles. The maximum absolute atomic E-state index is 12.3. The number of thioether (sulfide) groups is 1. The molecule has 26 heavy (non-hydrogen) atoms. The molecule has 0 bridgehead atoms. The summed E-state index contributed by atoms with van der Waals surface area (Å²) in [5.41, 5.74) is 1.46. The first-order chi connectivity index (χ1) is 12.4. The lowest BCUT2D eigenvalue weighted by Gasteiger charge is -2.22. The number of amides is 1. The van der Waals surface area contributed by atoms with Crippen LogP contribution >= 0.6 is 11.8 Å². The van der Waals surface area contributed by atoms with E-state index in [0.717, 1.165) is 23.6 Å². The molecule has 2 heterocycles. The van der Waals surface area contributed by atoms with Crippen LogP contribution in [0.25, 0.3) is 0 Å². The van der Waals surface area contributed by atoms with E-state index in [4.69, 9.17) is 4.74 Å². The van der Waals surface area contributed by atoms with Gasteiger partial charge in [-0.1, -0.05) is 13.8 Å². The van der Waals surface area contributed by atoms with E-state index in [1.807, 2.05) is 11.0 Å². The van der Waals surface area contributed by atoms with Crippen molar-refractivity contribution in [1.29, 1.82) is 0 Å². The third kappa shape index (κ3) is 4.57. The maximum atomic E-state index is 12.3. The molecule has 9 heteroatoms. The van der Waals surface area contributed by atoms with Crippen LogP contribution in [0.5, 0.6) is 0 Å². The van der Waals surface area contributed by atoms with Gasteiger partial charge in [-0.25, -0.2) is 8.42 Å². The maximum Gasteiger partial charge on any atom is 0.257 e. The van der Waals surface area contributed by atoms with Crippen molar-refractivity contribution in [2.75, 3.05) is 37.0 Å². The van der Waals surface area contributed by atoms with E-state index < -0.39 is 10.0 Å². The molecule has 1 aromatic rings. The molecule has 7 nitrogen and oxygen atoms in total. The van der Waals surface area contributed by atoms with E-state index in [1.54, 1.807) is 12.1 Å². The number of amidine groups is 1. The molecule has 3 rings (SSSR count). The number of hydrogen-bond donors (Lipinski definition) is 1.